The Kier molecular flexibility index (Phi) is 8.67. The molecule has 0 aliphatic carbocycles. The van der Waals surface area contributed by atoms with E-state index in [0.717, 1.165) is 0 Å². The maximum absolute atomic E-state index is 15.9. The number of anilines is 1. The topological polar surface area (TPSA) is 116 Å². The number of aromatic nitrogens is 1. The number of hydrogen-bond acceptors (Lipinski definition) is 5. The van der Waals surface area contributed by atoms with Gasteiger partial charge in [0.15, 0.2) is 14.1 Å². The van der Waals surface area contributed by atoms with Gasteiger partial charge in [-0.25, -0.2) is 14.0 Å². The average Bonchev–Trinajstić information content (AvgIpc) is 2.70. The van der Waals surface area contributed by atoms with Gasteiger partial charge < -0.3 is 20.2 Å². The number of urea groups is 1. The molecule has 35 heavy (non-hydrogen) atoms. The normalized spacial score (nSPS) is 12.3. The number of primary amides is 1. The van der Waals surface area contributed by atoms with Gasteiger partial charge in [-0.1, -0.05) is 32.9 Å². The van der Waals surface area contributed by atoms with Crippen molar-refractivity contribution in [2.45, 2.75) is 78.4 Å². The first-order chi connectivity index (χ1) is 16.0. The summed E-state index contributed by atoms with van der Waals surface area (Å²) in [5, 5.41) is 4.94. The Morgan fingerprint density at radius 3 is 2.31 bits per heavy atom. The molecule has 0 atom stereocenters. The lowest BCUT2D eigenvalue weighted by Crippen LogP contribution is -2.40. The number of amides is 3. The number of carbonyl (C=O) groups excluding carboxylic acids is 2. The van der Waals surface area contributed by atoms with Gasteiger partial charge in [0.2, 0.25) is 0 Å². The van der Waals surface area contributed by atoms with Crippen molar-refractivity contribution in [1.29, 1.82) is 0 Å². The van der Waals surface area contributed by atoms with Gasteiger partial charge >= 0.3 is 12.1 Å². The summed E-state index contributed by atoms with van der Waals surface area (Å²) < 4.78 is 27.5. The Morgan fingerprint density at radius 1 is 1.09 bits per heavy atom. The molecule has 0 fully saturated rings. The lowest BCUT2D eigenvalue weighted by atomic mass is 9.97. The number of benzene rings is 1. The minimum absolute atomic E-state index is 0.000913. The Labute approximate surface area is 207 Å². The second kappa shape index (κ2) is 10.7. The van der Waals surface area contributed by atoms with Gasteiger partial charge in [-0.2, -0.15) is 0 Å². The molecular formula is C25H37FN4O4Si. The van der Waals surface area contributed by atoms with Crippen molar-refractivity contribution in [3.63, 3.8) is 0 Å². The van der Waals surface area contributed by atoms with Crippen LogP contribution in [-0.4, -0.2) is 31.0 Å². The standard InChI is InChI=1S/C25H37FN4O4Si/c1-24(2,3)34-23(32)30-19-12-11-16(17-10-9-13-28-20(17)14-29-22(27)31)18(21(19)26)15-33-35(7,8)25(4,5)6/h9-13H,14-15H2,1-8H3,(H,30,32)(H3,27,29,31). The van der Waals surface area contributed by atoms with E-state index < -0.39 is 31.9 Å². The van der Waals surface area contributed by atoms with E-state index in [4.69, 9.17) is 14.9 Å². The van der Waals surface area contributed by atoms with Crippen LogP contribution in [0.1, 0.15) is 52.8 Å². The van der Waals surface area contributed by atoms with Gasteiger partial charge in [0.25, 0.3) is 0 Å². The molecule has 0 radical (unpaired) electrons. The molecule has 0 aliphatic heterocycles. The van der Waals surface area contributed by atoms with E-state index in [1.165, 1.54) is 6.07 Å². The Balaban J connectivity index is 2.55. The molecule has 1 aromatic heterocycles. The van der Waals surface area contributed by atoms with Gasteiger partial charge in [-0.15, -0.1) is 0 Å². The number of carbonyl (C=O) groups is 2. The van der Waals surface area contributed by atoms with Crippen LogP contribution in [-0.2, 0) is 22.3 Å². The molecule has 4 N–H and O–H groups in total. The Bertz CT molecular complexity index is 1080. The maximum Gasteiger partial charge on any atom is 0.412 e. The molecule has 192 valence electrons. The van der Waals surface area contributed by atoms with Crippen molar-refractivity contribution in [2.24, 2.45) is 5.73 Å². The lowest BCUT2D eigenvalue weighted by Gasteiger charge is -2.36. The highest BCUT2D eigenvalue weighted by molar-refractivity contribution is 6.74. The average molecular weight is 505 g/mol. The molecule has 10 heteroatoms. The molecule has 8 nitrogen and oxygen atoms in total. The third kappa shape index (κ3) is 7.76. The number of rotatable bonds is 7. The summed E-state index contributed by atoms with van der Waals surface area (Å²) >= 11 is 0. The first kappa shape index (κ1) is 28.3. The van der Waals surface area contributed by atoms with E-state index in [1.54, 1.807) is 45.2 Å². The van der Waals surface area contributed by atoms with Crippen LogP contribution in [0.25, 0.3) is 11.1 Å². The summed E-state index contributed by atoms with van der Waals surface area (Å²) in [5.74, 6) is -0.621. The minimum Gasteiger partial charge on any atom is -0.444 e. The highest BCUT2D eigenvalue weighted by Gasteiger charge is 2.37. The zero-order chi connectivity index (χ0) is 26.6. The molecule has 1 heterocycles. The molecule has 0 unspecified atom stereocenters. The van der Waals surface area contributed by atoms with E-state index in [9.17, 15) is 9.59 Å². The fourth-order valence-electron chi connectivity index (χ4n) is 2.99. The van der Waals surface area contributed by atoms with Crippen molar-refractivity contribution in [1.82, 2.24) is 10.3 Å². The highest BCUT2D eigenvalue weighted by atomic mass is 28.4. The number of ether oxygens (including phenoxy) is 1. The smallest absolute Gasteiger partial charge is 0.412 e. The van der Waals surface area contributed by atoms with Crippen LogP contribution in [0.15, 0.2) is 30.5 Å². The third-order valence-corrected chi connectivity index (χ3v) is 10.4. The summed E-state index contributed by atoms with van der Waals surface area (Å²) in [6.07, 6.45) is 0.829. The molecule has 0 saturated heterocycles. The number of nitrogens with two attached hydrogens (primary N) is 1. The predicted octanol–water partition coefficient (Wildman–Crippen LogP) is 5.92. The molecule has 2 rings (SSSR count). The molecule has 0 aliphatic rings. The van der Waals surface area contributed by atoms with Gasteiger partial charge in [-0.05, 0) is 56.6 Å². The van der Waals surface area contributed by atoms with Gasteiger partial charge in [0.1, 0.15) is 5.60 Å². The van der Waals surface area contributed by atoms with E-state index in [0.29, 0.717) is 16.8 Å². The molecule has 1 aromatic carbocycles. The summed E-state index contributed by atoms with van der Waals surface area (Å²) in [5.41, 5.74) is 6.44. The predicted molar refractivity (Wildman–Crippen MR) is 138 cm³/mol. The van der Waals surface area contributed by atoms with Crippen LogP contribution in [0.3, 0.4) is 0 Å². The SMILES string of the molecule is CC(C)(C)OC(=O)Nc1ccc(-c2cccnc2CNC(N)=O)c(CO[Si](C)(C)C(C)(C)C)c1F. The van der Waals surface area contributed by atoms with Crippen LogP contribution in [0, 0.1) is 5.82 Å². The van der Waals surface area contributed by atoms with E-state index in [1.807, 2.05) is 0 Å². The highest BCUT2D eigenvalue weighted by Crippen LogP contribution is 2.39. The van der Waals surface area contributed by atoms with Crippen molar-refractivity contribution < 1.29 is 23.1 Å². The van der Waals surface area contributed by atoms with E-state index in [-0.39, 0.29) is 29.4 Å². The van der Waals surface area contributed by atoms with Crippen LogP contribution in [0.4, 0.5) is 19.7 Å². The van der Waals surface area contributed by atoms with Crippen molar-refractivity contribution in [2.75, 3.05) is 5.32 Å². The monoisotopic (exact) mass is 504 g/mol. The quantitative estimate of drug-likeness (QED) is 0.405. The molecule has 3 amide bonds. The van der Waals surface area contributed by atoms with Gasteiger partial charge in [0, 0.05) is 17.3 Å². The maximum atomic E-state index is 15.9. The second-order valence-electron chi connectivity index (χ2n) is 10.8. The van der Waals surface area contributed by atoms with E-state index >= 15 is 4.39 Å². The Morgan fingerprint density at radius 2 is 1.74 bits per heavy atom. The molecule has 0 saturated carbocycles. The van der Waals surface area contributed by atoms with Crippen LogP contribution < -0.4 is 16.4 Å². The first-order valence-electron chi connectivity index (χ1n) is 11.4. The van der Waals surface area contributed by atoms with Crippen molar-refractivity contribution in [3.05, 3.63) is 47.5 Å². The molecular weight excluding hydrogens is 467 g/mol. The number of nitrogens with zero attached hydrogens (tertiary/aromatic N) is 1. The largest absolute Gasteiger partial charge is 0.444 e. The Hall–Kier alpha value is -2.98. The second-order valence-corrected chi connectivity index (χ2v) is 15.7. The number of pyridine rings is 1. The molecule has 0 spiro atoms. The number of halogens is 1. The zero-order valence-electron chi connectivity index (χ0n) is 21.8. The molecule has 2 aromatic rings. The first-order valence-corrected chi connectivity index (χ1v) is 14.4. The van der Waals surface area contributed by atoms with Gasteiger partial charge in [0.05, 0.1) is 24.5 Å². The number of hydrogen-bond donors (Lipinski definition) is 3. The lowest BCUT2D eigenvalue weighted by molar-refractivity contribution is 0.0635. The number of nitrogens with one attached hydrogen (secondary N) is 2. The van der Waals surface area contributed by atoms with Crippen LogP contribution in [0.5, 0.6) is 0 Å². The summed E-state index contributed by atoms with van der Waals surface area (Å²) in [6, 6.07) is 6.00. The zero-order valence-corrected chi connectivity index (χ0v) is 22.8. The summed E-state index contributed by atoms with van der Waals surface area (Å²) in [7, 11) is -2.23. The fraction of sp³-hybridized carbons (Fsp3) is 0.480. The van der Waals surface area contributed by atoms with Crippen molar-refractivity contribution in [3.8, 4) is 11.1 Å². The third-order valence-electron chi connectivity index (χ3n) is 5.87. The molecule has 0 bridgehead atoms. The van der Waals surface area contributed by atoms with Crippen LogP contribution >= 0.6 is 0 Å². The summed E-state index contributed by atoms with van der Waals surface area (Å²) in [4.78, 5) is 27.9. The van der Waals surface area contributed by atoms with Crippen molar-refractivity contribution >= 4 is 26.1 Å². The van der Waals surface area contributed by atoms with Gasteiger partial charge in [-0.3, -0.25) is 10.3 Å². The van der Waals surface area contributed by atoms with E-state index in [2.05, 4.69) is 49.5 Å². The summed E-state index contributed by atoms with van der Waals surface area (Å²) in [6.45, 7) is 15.7. The minimum atomic E-state index is -2.23. The van der Waals surface area contributed by atoms with Crippen LogP contribution in [0.2, 0.25) is 18.1 Å². The fourth-order valence-corrected chi connectivity index (χ4v) is 3.93.